The van der Waals surface area contributed by atoms with Crippen molar-refractivity contribution in [2.24, 2.45) is 17.1 Å². The van der Waals surface area contributed by atoms with Gasteiger partial charge < -0.3 is 15.8 Å². The Labute approximate surface area is 98.9 Å². The molecular weight excluding hydrogens is 204 g/mol. The van der Waals surface area contributed by atoms with Gasteiger partial charge in [-0.1, -0.05) is 27.7 Å². The van der Waals surface area contributed by atoms with Crippen LogP contribution in [0, 0.1) is 11.3 Å². The Balaban J connectivity index is 4.07. The van der Waals surface area contributed by atoms with E-state index in [1.807, 2.05) is 0 Å². The van der Waals surface area contributed by atoms with Crippen LogP contribution < -0.4 is 11.1 Å². The van der Waals surface area contributed by atoms with Gasteiger partial charge in [-0.15, -0.1) is 0 Å². The zero-order chi connectivity index (χ0) is 12.8. The zero-order valence-corrected chi connectivity index (χ0v) is 11.2. The number of amides is 1. The average Bonchev–Trinajstić information content (AvgIpc) is 2.15. The molecular formula is C12H26N2O2. The van der Waals surface area contributed by atoms with Crippen LogP contribution >= 0.6 is 0 Å². The molecule has 2 atom stereocenters. The van der Waals surface area contributed by atoms with Gasteiger partial charge in [-0.3, -0.25) is 4.79 Å². The summed E-state index contributed by atoms with van der Waals surface area (Å²) in [4.78, 5) is 11.7. The molecule has 16 heavy (non-hydrogen) atoms. The Morgan fingerprint density at radius 2 is 2.00 bits per heavy atom. The van der Waals surface area contributed by atoms with E-state index in [2.05, 4.69) is 33.0 Å². The van der Waals surface area contributed by atoms with Crippen LogP contribution in [0.2, 0.25) is 0 Å². The highest BCUT2D eigenvalue weighted by Gasteiger charge is 2.23. The summed E-state index contributed by atoms with van der Waals surface area (Å²) in [6, 6.07) is -0.0790. The Morgan fingerprint density at radius 3 is 2.38 bits per heavy atom. The average molecular weight is 230 g/mol. The molecule has 3 N–H and O–H groups in total. The zero-order valence-electron chi connectivity index (χ0n) is 11.2. The van der Waals surface area contributed by atoms with Gasteiger partial charge in [0.15, 0.2) is 0 Å². The topological polar surface area (TPSA) is 64.3 Å². The first-order valence-electron chi connectivity index (χ1n) is 5.79. The first-order chi connectivity index (χ1) is 7.31. The standard InChI is InChI=1S/C12H26N2O2/c1-9(12(2,3)4)6-11(15)14-10(7-13)8-16-5/h9-10H,6-8,13H2,1-5H3,(H,14,15). The van der Waals surface area contributed by atoms with E-state index in [9.17, 15) is 4.79 Å². The van der Waals surface area contributed by atoms with E-state index in [0.717, 1.165) is 0 Å². The van der Waals surface area contributed by atoms with Crippen molar-refractivity contribution in [1.82, 2.24) is 5.32 Å². The summed E-state index contributed by atoms with van der Waals surface area (Å²) in [5, 5.41) is 2.88. The van der Waals surface area contributed by atoms with Gasteiger partial charge in [0.05, 0.1) is 12.6 Å². The second-order valence-electron chi connectivity index (χ2n) is 5.43. The van der Waals surface area contributed by atoms with Crippen molar-refractivity contribution in [2.45, 2.75) is 40.2 Å². The molecule has 0 aliphatic heterocycles. The minimum atomic E-state index is -0.0790. The summed E-state index contributed by atoms with van der Waals surface area (Å²) in [6.07, 6.45) is 0.531. The Kier molecular flexibility index (Phi) is 6.60. The van der Waals surface area contributed by atoms with Gasteiger partial charge in [-0.2, -0.15) is 0 Å². The van der Waals surface area contributed by atoms with Crippen LogP contribution in [0.4, 0.5) is 0 Å². The van der Waals surface area contributed by atoms with Gasteiger partial charge >= 0.3 is 0 Å². The first kappa shape index (κ1) is 15.4. The molecule has 0 aromatic rings. The number of nitrogens with two attached hydrogens (primary N) is 1. The molecule has 0 aliphatic rings. The number of carbonyl (C=O) groups excluding carboxylic acids is 1. The lowest BCUT2D eigenvalue weighted by molar-refractivity contribution is -0.123. The second-order valence-corrected chi connectivity index (χ2v) is 5.43. The van der Waals surface area contributed by atoms with Gasteiger partial charge in [0, 0.05) is 20.1 Å². The maximum absolute atomic E-state index is 11.7. The van der Waals surface area contributed by atoms with Crippen LogP contribution in [-0.4, -0.2) is 32.2 Å². The summed E-state index contributed by atoms with van der Waals surface area (Å²) in [5.41, 5.74) is 5.68. The van der Waals surface area contributed by atoms with E-state index in [1.54, 1.807) is 7.11 Å². The van der Waals surface area contributed by atoms with Crippen LogP contribution in [0.1, 0.15) is 34.1 Å². The van der Waals surface area contributed by atoms with Crippen molar-refractivity contribution >= 4 is 5.91 Å². The normalized spacial score (nSPS) is 15.6. The van der Waals surface area contributed by atoms with Crippen molar-refractivity contribution in [3.8, 4) is 0 Å². The third-order valence-corrected chi connectivity index (χ3v) is 2.99. The number of methoxy groups -OCH3 is 1. The molecule has 0 spiro atoms. The minimum Gasteiger partial charge on any atom is -0.383 e. The van der Waals surface area contributed by atoms with E-state index >= 15 is 0 Å². The molecule has 0 aromatic heterocycles. The van der Waals surface area contributed by atoms with Gasteiger partial charge in [0.25, 0.3) is 0 Å². The van der Waals surface area contributed by atoms with Crippen LogP contribution in [0.15, 0.2) is 0 Å². The summed E-state index contributed by atoms with van der Waals surface area (Å²) >= 11 is 0. The molecule has 0 saturated carbocycles. The Bertz CT molecular complexity index is 212. The van der Waals surface area contributed by atoms with Crippen molar-refractivity contribution in [3.05, 3.63) is 0 Å². The van der Waals surface area contributed by atoms with Gasteiger partial charge in [0.2, 0.25) is 5.91 Å². The number of nitrogens with one attached hydrogen (secondary N) is 1. The fourth-order valence-corrected chi connectivity index (χ4v) is 1.24. The summed E-state index contributed by atoms with van der Waals surface area (Å²) in [6.45, 7) is 9.38. The number of rotatable bonds is 6. The lowest BCUT2D eigenvalue weighted by Crippen LogP contribution is -2.44. The quantitative estimate of drug-likeness (QED) is 0.719. The lowest BCUT2D eigenvalue weighted by Gasteiger charge is -2.27. The van der Waals surface area contributed by atoms with Crippen LogP contribution in [-0.2, 0) is 9.53 Å². The van der Waals surface area contributed by atoms with Crippen molar-refractivity contribution in [3.63, 3.8) is 0 Å². The predicted octanol–water partition coefficient (Wildman–Crippen LogP) is 1.15. The van der Waals surface area contributed by atoms with Gasteiger partial charge in [0.1, 0.15) is 0 Å². The summed E-state index contributed by atoms with van der Waals surface area (Å²) in [7, 11) is 1.60. The fourth-order valence-electron chi connectivity index (χ4n) is 1.24. The minimum absolute atomic E-state index is 0.0509. The van der Waals surface area contributed by atoms with Gasteiger partial charge in [-0.25, -0.2) is 0 Å². The third kappa shape index (κ3) is 6.08. The van der Waals surface area contributed by atoms with Crippen LogP contribution in [0.25, 0.3) is 0 Å². The predicted molar refractivity (Wildman–Crippen MR) is 66.1 cm³/mol. The fraction of sp³-hybridized carbons (Fsp3) is 0.917. The van der Waals surface area contributed by atoms with Crippen molar-refractivity contribution in [1.29, 1.82) is 0 Å². The van der Waals surface area contributed by atoms with E-state index < -0.39 is 0 Å². The molecule has 0 saturated heterocycles. The number of hydrogen-bond donors (Lipinski definition) is 2. The van der Waals surface area contributed by atoms with Crippen LogP contribution in [0.5, 0.6) is 0 Å². The molecule has 0 rings (SSSR count). The first-order valence-corrected chi connectivity index (χ1v) is 5.79. The maximum Gasteiger partial charge on any atom is 0.220 e. The maximum atomic E-state index is 11.7. The smallest absolute Gasteiger partial charge is 0.220 e. The molecule has 0 radical (unpaired) electrons. The molecule has 1 amide bonds. The molecule has 0 aliphatic carbocycles. The SMILES string of the molecule is COCC(CN)NC(=O)CC(C)C(C)(C)C. The summed E-state index contributed by atoms with van der Waals surface area (Å²) < 4.78 is 4.97. The molecule has 0 heterocycles. The van der Waals surface area contributed by atoms with Gasteiger partial charge in [-0.05, 0) is 11.3 Å². The van der Waals surface area contributed by atoms with Crippen LogP contribution in [0.3, 0.4) is 0 Å². The largest absolute Gasteiger partial charge is 0.383 e. The van der Waals surface area contributed by atoms with E-state index in [0.29, 0.717) is 25.5 Å². The van der Waals surface area contributed by atoms with Crippen molar-refractivity contribution < 1.29 is 9.53 Å². The molecule has 4 heteroatoms. The molecule has 0 fully saturated rings. The Hall–Kier alpha value is -0.610. The third-order valence-electron chi connectivity index (χ3n) is 2.99. The monoisotopic (exact) mass is 230 g/mol. The van der Waals surface area contributed by atoms with E-state index in [-0.39, 0.29) is 17.4 Å². The Morgan fingerprint density at radius 1 is 1.44 bits per heavy atom. The lowest BCUT2D eigenvalue weighted by atomic mass is 9.80. The highest BCUT2D eigenvalue weighted by molar-refractivity contribution is 5.76. The molecule has 96 valence electrons. The second kappa shape index (κ2) is 6.86. The number of hydrogen-bond acceptors (Lipinski definition) is 3. The number of carbonyl (C=O) groups is 1. The number of ether oxygens (including phenoxy) is 1. The van der Waals surface area contributed by atoms with E-state index in [1.165, 1.54) is 0 Å². The highest BCUT2D eigenvalue weighted by atomic mass is 16.5. The van der Waals surface area contributed by atoms with Crippen molar-refractivity contribution in [2.75, 3.05) is 20.3 Å². The summed E-state index contributed by atoms with van der Waals surface area (Å²) in [5.74, 6) is 0.392. The molecule has 2 unspecified atom stereocenters. The molecule has 0 aromatic carbocycles. The van der Waals surface area contributed by atoms with E-state index in [4.69, 9.17) is 10.5 Å². The molecule has 4 nitrogen and oxygen atoms in total. The highest BCUT2D eigenvalue weighted by Crippen LogP contribution is 2.27. The molecule has 0 bridgehead atoms.